The molecule has 0 bridgehead atoms. The summed E-state index contributed by atoms with van der Waals surface area (Å²) < 4.78 is 0. The van der Waals surface area contributed by atoms with E-state index < -0.39 is 0 Å². The van der Waals surface area contributed by atoms with Gasteiger partial charge in [-0.2, -0.15) is 0 Å². The summed E-state index contributed by atoms with van der Waals surface area (Å²) in [4.78, 5) is 29.0. The molecule has 1 aliphatic rings. The maximum atomic E-state index is 13.0. The largest absolute Gasteiger partial charge is 0.342 e. The van der Waals surface area contributed by atoms with Gasteiger partial charge in [-0.05, 0) is 55.7 Å². The maximum absolute atomic E-state index is 13.0. The van der Waals surface area contributed by atoms with E-state index in [1.54, 1.807) is 9.80 Å². The predicted octanol–water partition coefficient (Wildman–Crippen LogP) is 4.09. The highest BCUT2D eigenvalue weighted by Gasteiger charge is 2.36. The monoisotopic (exact) mass is 384 g/mol. The van der Waals surface area contributed by atoms with Gasteiger partial charge in [0.15, 0.2) is 0 Å². The number of aryl methyl sites for hydroxylation is 1. The van der Waals surface area contributed by atoms with Crippen molar-refractivity contribution < 1.29 is 9.59 Å². The number of hydrogen-bond donors (Lipinski definition) is 0. The van der Waals surface area contributed by atoms with E-state index in [4.69, 9.17) is 11.6 Å². The van der Waals surface area contributed by atoms with Crippen LogP contribution in [0.1, 0.15) is 24.5 Å². The number of carbonyl (C=O) groups excluding carboxylic acids is 2. The second-order valence-corrected chi connectivity index (χ2v) is 7.48. The summed E-state index contributed by atoms with van der Waals surface area (Å²) in [6.45, 7) is 5.67. The molecule has 142 valence electrons. The minimum atomic E-state index is -0.280. The molecule has 0 aliphatic carbocycles. The third kappa shape index (κ3) is 4.69. The summed E-state index contributed by atoms with van der Waals surface area (Å²) in [6, 6.07) is 15.6. The van der Waals surface area contributed by atoms with E-state index in [-0.39, 0.29) is 24.2 Å². The van der Waals surface area contributed by atoms with Crippen molar-refractivity contribution in [3.63, 3.8) is 0 Å². The zero-order valence-corrected chi connectivity index (χ0v) is 16.6. The van der Waals surface area contributed by atoms with Crippen LogP contribution in [0.3, 0.4) is 0 Å². The average Bonchev–Trinajstić information content (AvgIpc) is 3.01. The summed E-state index contributed by atoms with van der Waals surface area (Å²) >= 11 is 6.02. The first kappa shape index (κ1) is 19.4. The maximum Gasteiger partial charge on any atom is 0.232 e. The Bertz CT molecular complexity index is 837. The number of benzene rings is 2. The van der Waals surface area contributed by atoms with Crippen LogP contribution in [-0.2, 0) is 16.0 Å². The molecule has 2 amide bonds. The van der Waals surface area contributed by atoms with E-state index in [9.17, 15) is 9.59 Å². The Labute approximate surface area is 165 Å². The Morgan fingerprint density at radius 2 is 2.00 bits per heavy atom. The molecule has 0 aromatic heterocycles. The molecule has 1 aliphatic heterocycles. The lowest BCUT2D eigenvalue weighted by atomic mass is 10.1. The lowest BCUT2D eigenvalue weighted by Gasteiger charge is -2.24. The zero-order chi connectivity index (χ0) is 19.4. The Morgan fingerprint density at radius 1 is 1.22 bits per heavy atom. The van der Waals surface area contributed by atoms with E-state index in [2.05, 4.69) is 0 Å². The van der Waals surface area contributed by atoms with Crippen molar-refractivity contribution in [1.29, 1.82) is 0 Å². The number of nitrogens with zero attached hydrogens (tertiary/aromatic N) is 2. The number of hydrogen-bond acceptors (Lipinski definition) is 2. The summed E-state index contributed by atoms with van der Waals surface area (Å²) in [5.41, 5.74) is 3.11. The molecular formula is C22H25ClN2O2. The molecule has 2 aromatic carbocycles. The second-order valence-electron chi connectivity index (χ2n) is 7.04. The third-order valence-electron chi connectivity index (χ3n) is 5.02. The second kappa shape index (κ2) is 8.57. The number of anilines is 1. The van der Waals surface area contributed by atoms with Gasteiger partial charge in [-0.15, -0.1) is 0 Å². The number of carbonyl (C=O) groups is 2. The normalized spacial score (nSPS) is 16.6. The summed E-state index contributed by atoms with van der Waals surface area (Å²) in [5.74, 6) is -0.199. The number of amides is 2. The van der Waals surface area contributed by atoms with E-state index in [0.29, 0.717) is 24.7 Å². The zero-order valence-electron chi connectivity index (χ0n) is 15.8. The first-order valence-corrected chi connectivity index (χ1v) is 9.76. The first-order chi connectivity index (χ1) is 13.0. The highest BCUT2D eigenvalue weighted by atomic mass is 35.5. The van der Waals surface area contributed by atoms with Crippen molar-refractivity contribution in [2.75, 3.05) is 24.5 Å². The van der Waals surface area contributed by atoms with Crippen LogP contribution < -0.4 is 4.90 Å². The van der Waals surface area contributed by atoms with Crippen LogP contribution in [0.2, 0.25) is 5.02 Å². The summed E-state index contributed by atoms with van der Waals surface area (Å²) in [6.07, 6.45) is 1.03. The van der Waals surface area contributed by atoms with E-state index in [0.717, 1.165) is 23.2 Å². The van der Waals surface area contributed by atoms with Crippen molar-refractivity contribution in [1.82, 2.24) is 4.90 Å². The molecule has 0 saturated carbocycles. The molecule has 27 heavy (non-hydrogen) atoms. The smallest absolute Gasteiger partial charge is 0.232 e. The Kier molecular flexibility index (Phi) is 6.17. The lowest BCUT2D eigenvalue weighted by molar-refractivity contribution is -0.128. The van der Waals surface area contributed by atoms with Gasteiger partial charge in [0, 0.05) is 36.8 Å². The van der Waals surface area contributed by atoms with Crippen LogP contribution in [-0.4, -0.2) is 36.3 Å². The topological polar surface area (TPSA) is 40.6 Å². The minimum absolute atomic E-state index is 0.0294. The number of rotatable bonds is 6. The van der Waals surface area contributed by atoms with E-state index in [1.807, 2.05) is 62.4 Å². The molecule has 1 heterocycles. The highest BCUT2D eigenvalue weighted by Crippen LogP contribution is 2.24. The summed E-state index contributed by atoms with van der Waals surface area (Å²) in [5, 5.41) is 0.699. The highest BCUT2D eigenvalue weighted by molar-refractivity contribution is 6.30. The molecular weight excluding hydrogens is 360 g/mol. The van der Waals surface area contributed by atoms with Crippen molar-refractivity contribution in [2.45, 2.75) is 26.7 Å². The quantitative estimate of drug-likeness (QED) is 0.752. The molecule has 5 heteroatoms. The van der Waals surface area contributed by atoms with Crippen LogP contribution in [0.25, 0.3) is 0 Å². The van der Waals surface area contributed by atoms with Gasteiger partial charge in [-0.1, -0.05) is 35.9 Å². The fourth-order valence-electron chi connectivity index (χ4n) is 3.59. The van der Waals surface area contributed by atoms with Crippen LogP contribution >= 0.6 is 11.6 Å². The molecule has 0 radical (unpaired) electrons. The number of likely N-dealkylation sites (tertiary alicyclic amines) is 1. The van der Waals surface area contributed by atoms with Gasteiger partial charge in [0.1, 0.15) is 0 Å². The standard InChI is InChI=1S/C22H25ClN2O2/c1-3-25(20-9-4-6-16(2)12-20)22(27)18-14-21(26)24(15-18)11-10-17-7-5-8-19(23)13-17/h4-9,12-13,18H,3,10-11,14-15H2,1-2H3. The van der Waals surface area contributed by atoms with Crippen LogP contribution in [0.4, 0.5) is 5.69 Å². The fraction of sp³-hybridized carbons (Fsp3) is 0.364. The van der Waals surface area contributed by atoms with E-state index >= 15 is 0 Å². The van der Waals surface area contributed by atoms with Gasteiger partial charge in [-0.3, -0.25) is 9.59 Å². The van der Waals surface area contributed by atoms with Gasteiger partial charge >= 0.3 is 0 Å². The summed E-state index contributed by atoms with van der Waals surface area (Å²) in [7, 11) is 0. The van der Waals surface area contributed by atoms with Crippen molar-refractivity contribution >= 4 is 29.1 Å². The fourth-order valence-corrected chi connectivity index (χ4v) is 3.80. The van der Waals surface area contributed by atoms with Crippen molar-refractivity contribution in [2.24, 2.45) is 5.92 Å². The van der Waals surface area contributed by atoms with Gasteiger partial charge in [0.2, 0.25) is 11.8 Å². The minimum Gasteiger partial charge on any atom is -0.342 e. The van der Waals surface area contributed by atoms with Gasteiger partial charge in [0.05, 0.1) is 5.92 Å². The van der Waals surface area contributed by atoms with E-state index in [1.165, 1.54) is 0 Å². The molecule has 4 nitrogen and oxygen atoms in total. The molecule has 2 aromatic rings. The van der Waals surface area contributed by atoms with Gasteiger partial charge in [-0.25, -0.2) is 0 Å². The first-order valence-electron chi connectivity index (χ1n) is 9.38. The third-order valence-corrected chi connectivity index (χ3v) is 5.25. The van der Waals surface area contributed by atoms with Crippen molar-refractivity contribution in [3.05, 3.63) is 64.7 Å². The van der Waals surface area contributed by atoms with Crippen LogP contribution in [0, 0.1) is 12.8 Å². The molecule has 1 unspecified atom stereocenters. The Morgan fingerprint density at radius 3 is 2.70 bits per heavy atom. The van der Waals surface area contributed by atoms with Gasteiger partial charge < -0.3 is 9.80 Å². The number of halogens is 1. The molecule has 1 saturated heterocycles. The SMILES string of the molecule is CCN(C(=O)C1CC(=O)N(CCc2cccc(Cl)c2)C1)c1cccc(C)c1. The Balaban J connectivity index is 1.64. The lowest BCUT2D eigenvalue weighted by Crippen LogP contribution is -2.37. The predicted molar refractivity (Wildman–Crippen MR) is 109 cm³/mol. The Hall–Kier alpha value is -2.33. The molecule has 0 spiro atoms. The van der Waals surface area contributed by atoms with Crippen LogP contribution in [0.5, 0.6) is 0 Å². The molecule has 3 rings (SSSR count). The molecule has 0 N–H and O–H groups in total. The molecule has 1 atom stereocenters. The average molecular weight is 385 g/mol. The van der Waals surface area contributed by atoms with Crippen molar-refractivity contribution in [3.8, 4) is 0 Å². The van der Waals surface area contributed by atoms with Crippen LogP contribution in [0.15, 0.2) is 48.5 Å². The van der Waals surface area contributed by atoms with Gasteiger partial charge in [0.25, 0.3) is 0 Å². The molecule has 1 fully saturated rings.